The van der Waals surface area contributed by atoms with Crippen molar-refractivity contribution in [1.29, 1.82) is 0 Å². The molecule has 1 saturated heterocycles. The van der Waals surface area contributed by atoms with Gasteiger partial charge in [0.2, 0.25) is 0 Å². The molecule has 1 aromatic carbocycles. The van der Waals surface area contributed by atoms with E-state index in [9.17, 15) is 22.4 Å². The number of nitrogens with zero attached hydrogens (tertiary/aromatic N) is 3. The molecule has 2 heterocycles. The van der Waals surface area contributed by atoms with E-state index < -0.39 is 29.2 Å². The minimum Gasteiger partial charge on any atom is -0.339 e. The highest BCUT2D eigenvalue weighted by molar-refractivity contribution is 5.95. The lowest BCUT2D eigenvalue weighted by atomic mass is 9.96. The van der Waals surface area contributed by atoms with Gasteiger partial charge in [-0.1, -0.05) is 19.1 Å². The Labute approximate surface area is 160 Å². The Hall–Kier alpha value is -2.42. The zero-order chi connectivity index (χ0) is 20.3. The lowest BCUT2D eigenvalue weighted by Crippen LogP contribution is -2.41. The lowest BCUT2D eigenvalue weighted by Gasteiger charge is -2.32. The predicted octanol–water partition coefficient (Wildman–Crippen LogP) is 3.49. The van der Waals surface area contributed by atoms with Crippen molar-refractivity contribution >= 4 is 5.91 Å². The van der Waals surface area contributed by atoms with Gasteiger partial charge in [-0.25, -0.2) is 9.07 Å². The molecule has 0 radical (unpaired) electrons. The predicted molar refractivity (Wildman–Crippen MR) is 95.7 cm³/mol. The molecular weight excluding hydrogens is 376 g/mol. The van der Waals surface area contributed by atoms with Gasteiger partial charge in [0.25, 0.3) is 5.91 Å². The summed E-state index contributed by atoms with van der Waals surface area (Å²) in [6.07, 6.45) is -2.53. The van der Waals surface area contributed by atoms with Crippen LogP contribution in [0.1, 0.15) is 35.8 Å². The van der Waals surface area contributed by atoms with Gasteiger partial charge in [0, 0.05) is 13.1 Å². The molecule has 2 aromatic rings. The van der Waals surface area contributed by atoms with E-state index >= 15 is 0 Å². The van der Waals surface area contributed by atoms with Crippen molar-refractivity contribution in [3.8, 4) is 5.69 Å². The molecular formula is C19H22F4N4O. The molecule has 0 unspecified atom stereocenters. The molecule has 1 aliphatic heterocycles. The van der Waals surface area contributed by atoms with Crippen LogP contribution in [0.4, 0.5) is 17.6 Å². The fourth-order valence-electron chi connectivity index (χ4n) is 3.44. The van der Waals surface area contributed by atoms with Crippen LogP contribution in [-0.4, -0.2) is 46.8 Å². The molecule has 1 amide bonds. The summed E-state index contributed by atoms with van der Waals surface area (Å²) in [7, 11) is 0. The summed E-state index contributed by atoms with van der Waals surface area (Å²) in [6, 6.07) is 5.03. The van der Waals surface area contributed by atoms with Crippen molar-refractivity contribution in [2.75, 3.05) is 26.2 Å². The van der Waals surface area contributed by atoms with E-state index in [2.05, 4.69) is 10.4 Å². The van der Waals surface area contributed by atoms with Crippen LogP contribution in [-0.2, 0) is 6.18 Å². The van der Waals surface area contributed by atoms with Crippen LogP contribution in [0.15, 0.2) is 30.5 Å². The molecule has 3 rings (SSSR count). The third kappa shape index (κ3) is 4.19. The second kappa shape index (κ2) is 8.30. The van der Waals surface area contributed by atoms with Crippen molar-refractivity contribution in [3.63, 3.8) is 0 Å². The number of halogens is 4. The Bertz CT molecular complexity index is 826. The van der Waals surface area contributed by atoms with Crippen molar-refractivity contribution in [2.45, 2.75) is 25.9 Å². The number of hydrogen-bond donors (Lipinski definition) is 1. The van der Waals surface area contributed by atoms with Gasteiger partial charge in [-0.2, -0.15) is 18.3 Å². The monoisotopic (exact) mass is 398 g/mol. The number of piperidine rings is 1. The Balaban J connectivity index is 1.87. The first-order valence-corrected chi connectivity index (χ1v) is 9.23. The van der Waals surface area contributed by atoms with Crippen LogP contribution in [0.2, 0.25) is 0 Å². The quantitative estimate of drug-likeness (QED) is 0.785. The normalized spacial score (nSPS) is 15.8. The number of amides is 1. The zero-order valence-electron chi connectivity index (χ0n) is 15.5. The number of rotatable bonds is 5. The molecule has 1 aliphatic rings. The largest absolute Gasteiger partial charge is 0.434 e. The molecule has 0 saturated carbocycles. The standard InChI is InChI=1S/C19H22F4N4O/c1-2-24-11-13-7-9-26(10-8-13)18(28)14-12-25-27(17(14)19(21,22)23)16-6-4-3-5-15(16)20/h3-6,12-13,24H,2,7-11H2,1H3. The number of nitrogens with one attached hydrogen (secondary N) is 1. The maximum Gasteiger partial charge on any atom is 0.434 e. The number of carbonyl (C=O) groups is 1. The number of hydrogen-bond acceptors (Lipinski definition) is 3. The molecule has 1 fully saturated rings. The molecule has 1 N–H and O–H groups in total. The third-order valence-electron chi connectivity index (χ3n) is 4.93. The molecule has 0 aliphatic carbocycles. The average molecular weight is 398 g/mol. The first kappa shape index (κ1) is 20.3. The summed E-state index contributed by atoms with van der Waals surface area (Å²) in [5.74, 6) is -1.18. The van der Waals surface area contributed by atoms with Crippen molar-refractivity contribution in [1.82, 2.24) is 20.0 Å². The highest BCUT2D eigenvalue weighted by Gasteiger charge is 2.42. The summed E-state index contributed by atoms with van der Waals surface area (Å²) in [5, 5.41) is 6.93. The fraction of sp³-hybridized carbons (Fsp3) is 0.474. The van der Waals surface area contributed by atoms with Crippen molar-refractivity contribution in [3.05, 3.63) is 47.5 Å². The fourth-order valence-corrected chi connectivity index (χ4v) is 3.44. The first-order chi connectivity index (χ1) is 13.3. The third-order valence-corrected chi connectivity index (χ3v) is 4.93. The molecule has 28 heavy (non-hydrogen) atoms. The number of aromatic nitrogens is 2. The van der Waals surface area contributed by atoms with Gasteiger partial charge in [0.15, 0.2) is 5.69 Å². The van der Waals surface area contributed by atoms with Crippen LogP contribution in [0.3, 0.4) is 0 Å². The topological polar surface area (TPSA) is 50.2 Å². The molecule has 9 heteroatoms. The van der Waals surface area contributed by atoms with Gasteiger partial charge in [-0.15, -0.1) is 0 Å². The summed E-state index contributed by atoms with van der Waals surface area (Å²) in [5.41, 5.74) is -2.16. The van der Waals surface area contributed by atoms with E-state index in [0.29, 0.717) is 23.7 Å². The minimum atomic E-state index is -4.85. The van der Waals surface area contributed by atoms with Crippen LogP contribution < -0.4 is 5.32 Å². The number of benzene rings is 1. The Kier molecular flexibility index (Phi) is 6.02. The Morgan fingerprint density at radius 3 is 2.54 bits per heavy atom. The summed E-state index contributed by atoms with van der Waals surface area (Å²) in [4.78, 5) is 14.2. The maximum absolute atomic E-state index is 14.0. The van der Waals surface area contributed by atoms with Crippen molar-refractivity contribution in [2.24, 2.45) is 5.92 Å². The average Bonchev–Trinajstić information content (AvgIpc) is 3.12. The first-order valence-electron chi connectivity index (χ1n) is 9.23. The van der Waals surface area contributed by atoms with Gasteiger partial charge in [-0.3, -0.25) is 4.79 Å². The highest BCUT2D eigenvalue weighted by atomic mass is 19.4. The van der Waals surface area contributed by atoms with E-state index in [1.807, 2.05) is 6.92 Å². The molecule has 0 spiro atoms. The molecule has 5 nitrogen and oxygen atoms in total. The van der Waals surface area contributed by atoms with E-state index in [4.69, 9.17) is 0 Å². The van der Waals surface area contributed by atoms with Gasteiger partial charge in [-0.05, 0) is 44.0 Å². The van der Waals surface area contributed by atoms with Gasteiger partial charge in [0.1, 0.15) is 11.5 Å². The van der Waals surface area contributed by atoms with E-state index in [1.54, 1.807) is 0 Å². The molecule has 152 valence electrons. The Morgan fingerprint density at radius 1 is 1.25 bits per heavy atom. The van der Waals surface area contributed by atoms with Crippen LogP contribution in [0.25, 0.3) is 5.69 Å². The number of likely N-dealkylation sites (tertiary alicyclic amines) is 1. The van der Waals surface area contributed by atoms with Crippen LogP contribution >= 0.6 is 0 Å². The number of carbonyl (C=O) groups excluding carboxylic acids is 1. The lowest BCUT2D eigenvalue weighted by molar-refractivity contribution is -0.143. The highest BCUT2D eigenvalue weighted by Crippen LogP contribution is 2.35. The van der Waals surface area contributed by atoms with Gasteiger partial charge in [0.05, 0.1) is 11.8 Å². The smallest absolute Gasteiger partial charge is 0.339 e. The minimum absolute atomic E-state index is 0.349. The molecule has 0 atom stereocenters. The van der Waals surface area contributed by atoms with Gasteiger partial charge >= 0.3 is 6.18 Å². The van der Waals surface area contributed by atoms with Crippen LogP contribution in [0.5, 0.6) is 0 Å². The zero-order valence-corrected chi connectivity index (χ0v) is 15.5. The summed E-state index contributed by atoms with van der Waals surface area (Å²) >= 11 is 0. The number of para-hydroxylation sites is 1. The number of alkyl halides is 3. The maximum atomic E-state index is 14.0. The molecule has 0 bridgehead atoms. The summed E-state index contributed by atoms with van der Waals surface area (Å²) in [6.45, 7) is 4.46. The van der Waals surface area contributed by atoms with Gasteiger partial charge < -0.3 is 10.2 Å². The second-order valence-electron chi connectivity index (χ2n) is 6.81. The van der Waals surface area contributed by atoms with Crippen molar-refractivity contribution < 1.29 is 22.4 Å². The second-order valence-corrected chi connectivity index (χ2v) is 6.81. The SMILES string of the molecule is CCNCC1CCN(C(=O)c2cnn(-c3ccccc3F)c2C(F)(F)F)CC1. The summed E-state index contributed by atoms with van der Waals surface area (Å²) < 4.78 is 55.7. The van der Waals surface area contributed by atoms with Crippen LogP contribution in [0, 0.1) is 11.7 Å². The Morgan fingerprint density at radius 2 is 1.93 bits per heavy atom. The van der Waals surface area contributed by atoms with E-state index in [0.717, 1.165) is 38.2 Å². The van der Waals surface area contributed by atoms with E-state index in [-0.39, 0.29) is 5.69 Å². The van der Waals surface area contributed by atoms with E-state index in [1.165, 1.54) is 23.1 Å². The molecule has 1 aromatic heterocycles.